The third-order valence-electron chi connectivity index (χ3n) is 3.46. The number of carbonyl (C=O) groups excluding carboxylic acids is 1. The number of nitro benzene ring substituents is 1. The Kier molecular flexibility index (Phi) is 2.94. The molecule has 106 valence electrons. The summed E-state index contributed by atoms with van der Waals surface area (Å²) < 4.78 is 5.18. The van der Waals surface area contributed by atoms with Crippen molar-refractivity contribution in [2.75, 3.05) is 17.2 Å². The van der Waals surface area contributed by atoms with E-state index in [-0.39, 0.29) is 30.3 Å². The van der Waals surface area contributed by atoms with E-state index in [1.165, 1.54) is 12.1 Å². The molecule has 0 unspecified atom stereocenters. The van der Waals surface area contributed by atoms with Crippen LogP contribution in [0.1, 0.15) is 12.8 Å². The number of anilines is 2. The van der Waals surface area contributed by atoms with Crippen molar-refractivity contribution in [3.63, 3.8) is 0 Å². The van der Waals surface area contributed by atoms with Gasteiger partial charge in [0.2, 0.25) is 0 Å². The van der Waals surface area contributed by atoms with E-state index in [2.05, 4.69) is 10.6 Å². The molecule has 1 aliphatic heterocycles. The van der Waals surface area contributed by atoms with E-state index in [9.17, 15) is 14.9 Å². The smallest absolute Gasteiger partial charge is 0.296 e. The van der Waals surface area contributed by atoms with Crippen LogP contribution in [0.2, 0.25) is 0 Å². The number of ether oxygens (including phenoxy) is 1. The molecule has 0 spiro atoms. The highest BCUT2D eigenvalue weighted by Crippen LogP contribution is 2.39. The molecule has 0 radical (unpaired) electrons. The van der Waals surface area contributed by atoms with Crippen LogP contribution >= 0.6 is 0 Å². The summed E-state index contributed by atoms with van der Waals surface area (Å²) in [4.78, 5) is 21.9. The molecule has 4 N–H and O–H groups in total. The van der Waals surface area contributed by atoms with Crippen molar-refractivity contribution in [3.05, 3.63) is 22.2 Å². The molecular formula is C12H14N4O4. The van der Waals surface area contributed by atoms with Gasteiger partial charge in [0.1, 0.15) is 5.69 Å². The number of nitrogens with two attached hydrogens (primary N) is 1. The third kappa shape index (κ3) is 2.25. The van der Waals surface area contributed by atoms with Crippen LogP contribution in [0.4, 0.5) is 17.1 Å². The number of fused-ring (bicyclic) bond motifs is 1. The fourth-order valence-corrected chi connectivity index (χ4v) is 2.38. The summed E-state index contributed by atoms with van der Waals surface area (Å²) in [5.74, 6) is 0.0372. The highest BCUT2D eigenvalue weighted by Gasteiger charge is 2.29. The van der Waals surface area contributed by atoms with Gasteiger partial charge in [-0.1, -0.05) is 0 Å². The van der Waals surface area contributed by atoms with Gasteiger partial charge in [0.15, 0.2) is 12.4 Å². The lowest BCUT2D eigenvalue weighted by atomic mass is 9.87. The molecule has 0 atom stereocenters. The Morgan fingerprint density at radius 1 is 1.45 bits per heavy atom. The molecule has 0 bridgehead atoms. The van der Waals surface area contributed by atoms with Gasteiger partial charge >= 0.3 is 0 Å². The molecule has 1 fully saturated rings. The fraction of sp³-hybridized carbons (Fsp3) is 0.417. The zero-order valence-electron chi connectivity index (χ0n) is 10.6. The van der Waals surface area contributed by atoms with E-state index in [1.54, 1.807) is 0 Å². The van der Waals surface area contributed by atoms with Crippen LogP contribution in [0.15, 0.2) is 12.1 Å². The predicted molar refractivity (Wildman–Crippen MR) is 71.8 cm³/mol. The Bertz CT molecular complexity index is 583. The van der Waals surface area contributed by atoms with Crippen molar-refractivity contribution in [2.24, 2.45) is 5.73 Å². The van der Waals surface area contributed by atoms with Gasteiger partial charge in [0.25, 0.3) is 11.6 Å². The van der Waals surface area contributed by atoms with Crippen molar-refractivity contribution >= 4 is 23.0 Å². The zero-order chi connectivity index (χ0) is 14.3. The van der Waals surface area contributed by atoms with Gasteiger partial charge in [0.05, 0.1) is 16.7 Å². The minimum absolute atomic E-state index is 0.0691. The first kappa shape index (κ1) is 12.7. The molecule has 0 aromatic heterocycles. The van der Waals surface area contributed by atoms with Crippen molar-refractivity contribution < 1.29 is 14.5 Å². The topological polar surface area (TPSA) is 120 Å². The standard InChI is InChI=1S/C12H14N4O4/c13-6-1-7(2-6)14-8-3-9-11(4-10(8)16(18)19)20-5-12(17)15-9/h3-4,6-7,14H,1-2,5,13H2,(H,15,17). The Labute approximate surface area is 114 Å². The van der Waals surface area contributed by atoms with E-state index in [0.29, 0.717) is 17.1 Å². The van der Waals surface area contributed by atoms with Crippen molar-refractivity contribution in [2.45, 2.75) is 24.9 Å². The molecule has 1 aromatic carbocycles. The maximum absolute atomic E-state index is 11.3. The summed E-state index contributed by atoms with van der Waals surface area (Å²) >= 11 is 0. The molecular weight excluding hydrogens is 264 g/mol. The first-order valence-corrected chi connectivity index (χ1v) is 6.30. The van der Waals surface area contributed by atoms with Crippen molar-refractivity contribution in [1.82, 2.24) is 0 Å². The molecule has 3 rings (SSSR count). The number of rotatable bonds is 3. The summed E-state index contributed by atoms with van der Waals surface area (Å²) in [5, 5.41) is 16.9. The predicted octanol–water partition coefficient (Wildman–Crippen LogP) is 0.827. The van der Waals surface area contributed by atoms with Crippen LogP contribution in [-0.2, 0) is 4.79 Å². The minimum atomic E-state index is -0.471. The van der Waals surface area contributed by atoms with Gasteiger partial charge in [-0.2, -0.15) is 0 Å². The van der Waals surface area contributed by atoms with E-state index < -0.39 is 4.92 Å². The van der Waals surface area contributed by atoms with E-state index in [0.717, 1.165) is 12.8 Å². The van der Waals surface area contributed by atoms with Gasteiger partial charge in [-0.3, -0.25) is 14.9 Å². The molecule has 8 nitrogen and oxygen atoms in total. The lowest BCUT2D eigenvalue weighted by molar-refractivity contribution is -0.384. The quantitative estimate of drug-likeness (QED) is 0.556. The van der Waals surface area contributed by atoms with Gasteiger partial charge in [-0.25, -0.2) is 0 Å². The van der Waals surface area contributed by atoms with Crippen molar-refractivity contribution in [3.8, 4) is 5.75 Å². The monoisotopic (exact) mass is 278 g/mol. The zero-order valence-corrected chi connectivity index (χ0v) is 10.6. The number of carbonyl (C=O) groups is 1. The summed E-state index contributed by atoms with van der Waals surface area (Å²) in [6.07, 6.45) is 1.55. The number of nitro groups is 1. The maximum atomic E-state index is 11.3. The number of hydrogen-bond acceptors (Lipinski definition) is 6. The molecule has 0 saturated heterocycles. The largest absolute Gasteiger partial charge is 0.481 e. The van der Waals surface area contributed by atoms with Crippen LogP contribution in [0.25, 0.3) is 0 Å². The average molecular weight is 278 g/mol. The highest BCUT2D eigenvalue weighted by molar-refractivity contribution is 5.96. The first-order chi connectivity index (χ1) is 9.52. The van der Waals surface area contributed by atoms with Gasteiger partial charge in [0, 0.05) is 12.1 Å². The first-order valence-electron chi connectivity index (χ1n) is 6.30. The summed E-state index contributed by atoms with van der Waals surface area (Å²) in [6.45, 7) is -0.131. The lowest BCUT2D eigenvalue weighted by Crippen LogP contribution is -2.44. The molecule has 20 heavy (non-hydrogen) atoms. The average Bonchev–Trinajstić information content (AvgIpc) is 2.35. The summed E-state index contributed by atoms with van der Waals surface area (Å²) in [6, 6.07) is 3.14. The second-order valence-electron chi connectivity index (χ2n) is 5.03. The van der Waals surface area contributed by atoms with Crippen LogP contribution in [0, 0.1) is 10.1 Å². The van der Waals surface area contributed by atoms with Crippen molar-refractivity contribution in [1.29, 1.82) is 0 Å². The molecule has 2 aliphatic rings. The number of amides is 1. The lowest BCUT2D eigenvalue weighted by Gasteiger charge is -2.33. The Balaban J connectivity index is 1.91. The van der Waals surface area contributed by atoms with E-state index in [1.807, 2.05) is 0 Å². The van der Waals surface area contributed by atoms with Gasteiger partial charge in [-0.15, -0.1) is 0 Å². The van der Waals surface area contributed by atoms with Gasteiger partial charge < -0.3 is 21.1 Å². The molecule has 1 aliphatic carbocycles. The molecule has 1 heterocycles. The van der Waals surface area contributed by atoms with Crippen LogP contribution in [-0.4, -0.2) is 29.5 Å². The fourth-order valence-electron chi connectivity index (χ4n) is 2.38. The van der Waals surface area contributed by atoms with Gasteiger partial charge in [-0.05, 0) is 18.9 Å². The number of benzene rings is 1. The SMILES string of the molecule is NC1CC(Nc2cc3c(cc2[N+](=O)[O-])OCC(=O)N3)C1. The van der Waals surface area contributed by atoms with Crippen LogP contribution < -0.4 is 21.1 Å². The molecule has 1 saturated carbocycles. The maximum Gasteiger partial charge on any atom is 0.296 e. The third-order valence-corrected chi connectivity index (χ3v) is 3.46. The Hall–Kier alpha value is -2.35. The number of nitrogens with zero attached hydrogens (tertiary/aromatic N) is 1. The number of hydrogen-bond donors (Lipinski definition) is 3. The summed E-state index contributed by atoms with van der Waals surface area (Å²) in [5.41, 5.74) is 6.44. The highest BCUT2D eigenvalue weighted by atomic mass is 16.6. The Morgan fingerprint density at radius 3 is 2.85 bits per heavy atom. The molecule has 8 heteroatoms. The van der Waals surface area contributed by atoms with Crippen LogP contribution in [0.3, 0.4) is 0 Å². The minimum Gasteiger partial charge on any atom is -0.481 e. The second kappa shape index (κ2) is 4.64. The Morgan fingerprint density at radius 2 is 2.20 bits per heavy atom. The van der Waals surface area contributed by atoms with E-state index in [4.69, 9.17) is 10.5 Å². The molecule has 1 amide bonds. The normalized spacial score (nSPS) is 23.9. The van der Waals surface area contributed by atoms with Crippen LogP contribution in [0.5, 0.6) is 5.75 Å². The summed E-state index contributed by atoms with van der Waals surface area (Å²) in [7, 11) is 0. The second-order valence-corrected chi connectivity index (χ2v) is 5.03. The molecule has 1 aromatic rings. The van der Waals surface area contributed by atoms with E-state index >= 15 is 0 Å². The number of nitrogens with one attached hydrogen (secondary N) is 2.